The van der Waals surface area contributed by atoms with Crippen LogP contribution in [-0.2, 0) is 6.54 Å². The Morgan fingerprint density at radius 1 is 1.33 bits per heavy atom. The summed E-state index contributed by atoms with van der Waals surface area (Å²) in [5.74, 6) is 0.846. The second-order valence-electron chi connectivity index (χ2n) is 5.34. The van der Waals surface area contributed by atoms with Crippen LogP contribution in [0.25, 0.3) is 0 Å². The van der Waals surface area contributed by atoms with Crippen molar-refractivity contribution in [2.45, 2.75) is 37.9 Å². The van der Waals surface area contributed by atoms with Crippen LogP contribution < -0.4 is 10.6 Å². The van der Waals surface area contributed by atoms with Gasteiger partial charge >= 0.3 is 0 Å². The van der Waals surface area contributed by atoms with E-state index in [2.05, 4.69) is 26.8 Å². The summed E-state index contributed by atoms with van der Waals surface area (Å²) in [5, 5.41) is 0. The average molecular weight is 247 g/mol. The van der Waals surface area contributed by atoms with E-state index in [1.807, 2.05) is 12.3 Å². The van der Waals surface area contributed by atoms with Crippen molar-refractivity contribution in [2.24, 2.45) is 5.73 Å². The number of likely N-dealkylation sites (N-methyl/N-ethyl adjacent to an activating group) is 1. The summed E-state index contributed by atoms with van der Waals surface area (Å²) < 4.78 is 0. The van der Waals surface area contributed by atoms with Crippen LogP contribution in [0.4, 0.5) is 5.95 Å². The zero-order valence-electron chi connectivity index (χ0n) is 10.9. The highest BCUT2D eigenvalue weighted by atomic mass is 15.3. The molecule has 0 amide bonds. The van der Waals surface area contributed by atoms with Gasteiger partial charge in [0.05, 0.1) is 5.69 Å². The van der Waals surface area contributed by atoms with E-state index >= 15 is 0 Å². The molecule has 2 bridgehead atoms. The molecule has 2 aliphatic rings. The van der Waals surface area contributed by atoms with Crippen molar-refractivity contribution in [3.63, 3.8) is 0 Å². The first-order valence-electron chi connectivity index (χ1n) is 6.77. The Morgan fingerprint density at radius 3 is 3.00 bits per heavy atom. The third-order valence-corrected chi connectivity index (χ3v) is 4.34. The molecule has 1 aromatic heterocycles. The smallest absolute Gasteiger partial charge is 0.225 e. The van der Waals surface area contributed by atoms with Crippen molar-refractivity contribution < 1.29 is 0 Å². The Labute approximate surface area is 108 Å². The standard InChI is InChI=1S/C13H21N5/c1-17-11-2-3-12(17)9-18(7-5-11)13-15-6-4-10(8-14)16-13/h4,6,11-12H,2-3,5,7-9,14H2,1H3. The van der Waals surface area contributed by atoms with E-state index in [0.29, 0.717) is 12.6 Å². The van der Waals surface area contributed by atoms with E-state index in [-0.39, 0.29) is 0 Å². The van der Waals surface area contributed by atoms with E-state index in [1.165, 1.54) is 19.3 Å². The quantitative estimate of drug-likeness (QED) is 0.829. The number of hydrogen-bond acceptors (Lipinski definition) is 5. The molecule has 0 aromatic carbocycles. The maximum Gasteiger partial charge on any atom is 0.225 e. The van der Waals surface area contributed by atoms with Crippen LogP contribution >= 0.6 is 0 Å². The second kappa shape index (κ2) is 4.82. The predicted molar refractivity (Wildman–Crippen MR) is 71.3 cm³/mol. The Bertz CT molecular complexity index is 422. The first-order valence-corrected chi connectivity index (χ1v) is 6.77. The highest BCUT2D eigenvalue weighted by Gasteiger charge is 2.35. The van der Waals surface area contributed by atoms with Crippen LogP contribution in [0.2, 0.25) is 0 Å². The molecular weight excluding hydrogens is 226 g/mol. The van der Waals surface area contributed by atoms with Crippen molar-refractivity contribution in [3.8, 4) is 0 Å². The third kappa shape index (κ3) is 2.08. The number of fused-ring (bicyclic) bond motifs is 2. The average Bonchev–Trinajstić information content (AvgIpc) is 2.63. The zero-order chi connectivity index (χ0) is 12.5. The van der Waals surface area contributed by atoms with Gasteiger partial charge in [0, 0.05) is 37.9 Å². The lowest BCUT2D eigenvalue weighted by atomic mass is 10.1. The molecule has 5 nitrogen and oxygen atoms in total. The number of nitrogens with zero attached hydrogens (tertiary/aromatic N) is 4. The molecule has 98 valence electrons. The van der Waals surface area contributed by atoms with Crippen LogP contribution in [0.1, 0.15) is 25.0 Å². The van der Waals surface area contributed by atoms with E-state index in [0.717, 1.165) is 30.8 Å². The van der Waals surface area contributed by atoms with Crippen molar-refractivity contribution in [1.82, 2.24) is 14.9 Å². The first kappa shape index (κ1) is 11.9. The van der Waals surface area contributed by atoms with Crippen molar-refractivity contribution in [3.05, 3.63) is 18.0 Å². The Balaban J connectivity index is 1.80. The number of hydrogen-bond donors (Lipinski definition) is 1. The number of anilines is 1. The summed E-state index contributed by atoms with van der Waals surface area (Å²) in [7, 11) is 2.25. The Hall–Kier alpha value is -1.20. The van der Waals surface area contributed by atoms with E-state index in [9.17, 15) is 0 Å². The molecular formula is C13H21N5. The molecule has 0 saturated carbocycles. The molecule has 2 saturated heterocycles. The Kier molecular flexibility index (Phi) is 3.18. The molecule has 0 radical (unpaired) electrons. The number of aromatic nitrogens is 2. The summed E-state index contributed by atoms with van der Waals surface area (Å²) in [6.45, 7) is 2.58. The summed E-state index contributed by atoms with van der Waals surface area (Å²) >= 11 is 0. The largest absolute Gasteiger partial charge is 0.339 e. The predicted octanol–water partition coefficient (Wildman–Crippen LogP) is 0.608. The number of nitrogens with two attached hydrogens (primary N) is 1. The summed E-state index contributed by atoms with van der Waals surface area (Å²) in [6, 6.07) is 3.29. The van der Waals surface area contributed by atoms with Crippen molar-refractivity contribution in [2.75, 3.05) is 25.0 Å². The highest BCUT2D eigenvalue weighted by molar-refractivity contribution is 5.31. The van der Waals surface area contributed by atoms with Crippen molar-refractivity contribution in [1.29, 1.82) is 0 Å². The summed E-state index contributed by atoms with van der Waals surface area (Å²) in [5.41, 5.74) is 6.56. The summed E-state index contributed by atoms with van der Waals surface area (Å²) in [6.07, 6.45) is 5.67. The minimum Gasteiger partial charge on any atom is -0.339 e. The van der Waals surface area contributed by atoms with Gasteiger partial charge in [-0.15, -0.1) is 0 Å². The van der Waals surface area contributed by atoms with Gasteiger partial charge in [-0.25, -0.2) is 9.97 Å². The fourth-order valence-electron chi connectivity index (χ4n) is 3.14. The van der Waals surface area contributed by atoms with Gasteiger partial charge in [-0.2, -0.15) is 0 Å². The lowest BCUT2D eigenvalue weighted by molar-refractivity contribution is 0.254. The molecule has 2 unspecified atom stereocenters. The van der Waals surface area contributed by atoms with Gasteiger partial charge in [-0.05, 0) is 32.4 Å². The minimum atomic E-state index is 0.481. The molecule has 18 heavy (non-hydrogen) atoms. The fraction of sp³-hybridized carbons (Fsp3) is 0.692. The van der Waals surface area contributed by atoms with E-state index < -0.39 is 0 Å². The minimum absolute atomic E-state index is 0.481. The normalized spacial score (nSPS) is 28.4. The van der Waals surface area contributed by atoms with E-state index in [1.54, 1.807) is 0 Å². The fourth-order valence-corrected chi connectivity index (χ4v) is 3.14. The molecule has 2 N–H and O–H groups in total. The SMILES string of the molecule is CN1C2CCC1CN(c1nccc(CN)n1)CC2. The highest BCUT2D eigenvalue weighted by Crippen LogP contribution is 2.29. The molecule has 3 heterocycles. The molecule has 2 aliphatic heterocycles. The molecule has 0 aliphatic carbocycles. The van der Waals surface area contributed by atoms with Gasteiger partial charge < -0.3 is 10.6 Å². The maximum atomic E-state index is 5.64. The third-order valence-electron chi connectivity index (χ3n) is 4.34. The molecule has 2 fully saturated rings. The lowest BCUT2D eigenvalue weighted by Gasteiger charge is -2.25. The van der Waals surface area contributed by atoms with Crippen LogP contribution in [-0.4, -0.2) is 47.1 Å². The van der Waals surface area contributed by atoms with Crippen LogP contribution in [0.5, 0.6) is 0 Å². The van der Waals surface area contributed by atoms with Gasteiger partial charge in [0.2, 0.25) is 5.95 Å². The van der Waals surface area contributed by atoms with Crippen LogP contribution in [0.3, 0.4) is 0 Å². The monoisotopic (exact) mass is 247 g/mol. The summed E-state index contributed by atoms with van der Waals surface area (Å²) in [4.78, 5) is 13.8. The molecule has 2 atom stereocenters. The first-order chi connectivity index (χ1) is 8.78. The molecule has 3 rings (SSSR count). The molecule has 5 heteroatoms. The lowest BCUT2D eigenvalue weighted by Crippen LogP contribution is -2.37. The molecule has 0 spiro atoms. The molecule has 1 aromatic rings. The zero-order valence-corrected chi connectivity index (χ0v) is 10.9. The second-order valence-corrected chi connectivity index (χ2v) is 5.34. The topological polar surface area (TPSA) is 58.3 Å². The van der Waals surface area contributed by atoms with Gasteiger partial charge in [-0.1, -0.05) is 0 Å². The Morgan fingerprint density at radius 2 is 2.17 bits per heavy atom. The maximum absolute atomic E-state index is 5.64. The van der Waals surface area contributed by atoms with Crippen LogP contribution in [0, 0.1) is 0 Å². The van der Waals surface area contributed by atoms with Gasteiger partial charge in [0.1, 0.15) is 0 Å². The van der Waals surface area contributed by atoms with Gasteiger partial charge in [0.15, 0.2) is 0 Å². The van der Waals surface area contributed by atoms with Crippen molar-refractivity contribution >= 4 is 5.95 Å². The van der Waals surface area contributed by atoms with Crippen LogP contribution in [0.15, 0.2) is 12.3 Å². The van der Waals surface area contributed by atoms with E-state index in [4.69, 9.17) is 5.73 Å². The van der Waals surface area contributed by atoms with Gasteiger partial charge in [0.25, 0.3) is 0 Å². The van der Waals surface area contributed by atoms with Gasteiger partial charge in [-0.3, -0.25) is 4.90 Å². The number of rotatable bonds is 2.